The number of nitro benzene ring substituents is 1. The minimum atomic E-state index is -1.46. The van der Waals surface area contributed by atoms with E-state index in [1.165, 1.54) is 44.6 Å². The van der Waals surface area contributed by atoms with Gasteiger partial charge in [0.15, 0.2) is 0 Å². The molecule has 1 unspecified atom stereocenters. The average Bonchev–Trinajstić information content (AvgIpc) is 2.62. The highest BCUT2D eigenvalue weighted by Crippen LogP contribution is 2.24. The van der Waals surface area contributed by atoms with E-state index in [1.807, 2.05) is 0 Å². The Morgan fingerprint density at radius 1 is 1.04 bits per heavy atom. The van der Waals surface area contributed by atoms with E-state index in [0.29, 0.717) is 0 Å². The summed E-state index contributed by atoms with van der Waals surface area (Å²) >= 11 is -1.46. The summed E-state index contributed by atoms with van der Waals surface area (Å²) in [5.74, 6) is 0. The van der Waals surface area contributed by atoms with E-state index >= 15 is 0 Å². The number of nitrogens with zero attached hydrogens (tertiary/aromatic N) is 2. The highest BCUT2D eigenvalue weighted by Gasteiger charge is 2.30. The topological polar surface area (TPSA) is 102 Å². The number of para-hydroxylation sites is 1. The number of hydrogen-bond donors (Lipinski definition) is 2. The summed E-state index contributed by atoms with van der Waals surface area (Å²) in [7, 11) is 0. The molecular weight excluding hydrogens is 338 g/mol. The molecule has 0 aliphatic rings. The van der Waals surface area contributed by atoms with Gasteiger partial charge in [0.25, 0.3) is 4.90 Å². The molecule has 1 aromatic rings. The fourth-order valence-corrected chi connectivity index (χ4v) is 3.45. The third-order valence-corrected chi connectivity index (χ3v) is 5.06. The van der Waals surface area contributed by atoms with Crippen molar-refractivity contribution in [3.8, 4) is 0 Å². The van der Waals surface area contributed by atoms with Gasteiger partial charge in [-0.3, -0.25) is 10.1 Å². The van der Waals surface area contributed by atoms with Crippen LogP contribution in [0.3, 0.4) is 0 Å². The van der Waals surface area contributed by atoms with Crippen LogP contribution in [0.25, 0.3) is 0 Å². The lowest BCUT2D eigenvalue weighted by molar-refractivity contribution is -0.387. The number of nitro groups is 1. The van der Waals surface area contributed by atoms with Gasteiger partial charge in [-0.1, -0.05) is 57.1 Å². The predicted molar refractivity (Wildman–Crippen MR) is 105 cm³/mol. The molecule has 0 spiro atoms. The van der Waals surface area contributed by atoms with Crippen LogP contribution in [0.5, 0.6) is 0 Å². The van der Waals surface area contributed by atoms with E-state index in [0.717, 1.165) is 32.2 Å². The molecule has 0 bridgehead atoms. The van der Waals surface area contributed by atoms with Gasteiger partial charge in [-0.15, -0.1) is 0 Å². The zero-order valence-electron chi connectivity index (χ0n) is 14.8. The van der Waals surface area contributed by atoms with Crippen LogP contribution in [0.15, 0.2) is 33.6 Å². The molecule has 1 atom stereocenters. The first-order valence-electron chi connectivity index (χ1n) is 9.06. The largest absolute Gasteiger partial charge is 0.336 e. The first-order valence-corrected chi connectivity index (χ1v) is 10.2. The smallest absolute Gasteiger partial charge is 0.330 e. The van der Waals surface area contributed by atoms with E-state index in [9.17, 15) is 14.7 Å². The molecule has 1 aromatic carbocycles. The Labute approximate surface area is 153 Å². The predicted octanol–water partition coefficient (Wildman–Crippen LogP) is 4.89. The van der Waals surface area contributed by atoms with Gasteiger partial charge in [-0.2, -0.15) is 4.55 Å². The normalized spacial score (nSPS) is 12.6. The van der Waals surface area contributed by atoms with E-state index in [-0.39, 0.29) is 10.6 Å². The van der Waals surface area contributed by atoms with Gasteiger partial charge in [-0.05, 0) is 30.2 Å². The van der Waals surface area contributed by atoms with Gasteiger partial charge >= 0.3 is 17.0 Å². The molecule has 0 aliphatic heterocycles. The summed E-state index contributed by atoms with van der Waals surface area (Å²) in [5, 5.41) is 10.9. The molecule has 0 heterocycles. The lowest BCUT2D eigenvalue weighted by atomic mass is 10.1. The van der Waals surface area contributed by atoms with Crippen LogP contribution < -0.4 is 5.73 Å². The molecule has 0 fully saturated rings. The second kappa shape index (κ2) is 13.8. The Morgan fingerprint density at radius 3 is 2.20 bits per heavy atom. The first kappa shape index (κ1) is 21.6. The summed E-state index contributed by atoms with van der Waals surface area (Å²) in [6, 6.07) is 6.19. The summed E-state index contributed by atoms with van der Waals surface area (Å²) in [6.45, 7) is 0.800. The van der Waals surface area contributed by atoms with Crippen molar-refractivity contribution in [2.75, 3.05) is 6.54 Å². The van der Waals surface area contributed by atoms with Gasteiger partial charge in [0.2, 0.25) is 0 Å². The fraction of sp³-hybridized carbons (Fsp3) is 0.611. The fourth-order valence-electron chi connectivity index (χ4n) is 2.56. The molecule has 140 valence electrons. The van der Waals surface area contributed by atoms with Gasteiger partial charge in [0.05, 0.1) is 11.1 Å². The van der Waals surface area contributed by atoms with Crippen LogP contribution in [-0.2, 0) is 11.4 Å². The van der Waals surface area contributed by atoms with Crippen LogP contribution in [0.1, 0.15) is 64.2 Å². The van der Waals surface area contributed by atoms with Crippen molar-refractivity contribution >= 4 is 23.3 Å². The Balaban J connectivity index is 2.13. The molecule has 3 N–H and O–H groups in total. The second-order valence-electron chi connectivity index (χ2n) is 6.04. The van der Waals surface area contributed by atoms with Crippen molar-refractivity contribution < 1.29 is 9.48 Å². The summed E-state index contributed by atoms with van der Waals surface area (Å²) in [5.41, 5.74) is 5.38. The molecular formula is C18H30N3O3S+. The van der Waals surface area contributed by atoms with Gasteiger partial charge in [-0.25, -0.2) is 0 Å². The molecule has 25 heavy (non-hydrogen) atoms. The Kier molecular flexibility index (Phi) is 11.9. The zero-order chi connectivity index (χ0) is 18.3. The van der Waals surface area contributed by atoms with Crippen molar-refractivity contribution in [3.05, 3.63) is 34.4 Å². The number of hydrogen-bond acceptors (Lipinski definition) is 5. The molecule has 0 aliphatic carbocycles. The highest BCUT2D eigenvalue weighted by molar-refractivity contribution is 7.90. The quantitative estimate of drug-likeness (QED) is 0.160. The first-order chi connectivity index (χ1) is 12.2. The maximum atomic E-state index is 10.9. The molecule has 6 nitrogen and oxygen atoms in total. The van der Waals surface area contributed by atoms with Crippen LogP contribution in [0, 0.1) is 10.1 Å². The maximum absolute atomic E-state index is 10.9. The monoisotopic (exact) mass is 368 g/mol. The average molecular weight is 369 g/mol. The second-order valence-corrected chi connectivity index (χ2v) is 7.22. The SMILES string of the molecule is NCCCCCCCCCCC/C=N/[S+](O)c1ccccc1[N+](=O)[O-]. The third kappa shape index (κ3) is 9.57. The van der Waals surface area contributed by atoms with Gasteiger partial charge < -0.3 is 5.73 Å². The Morgan fingerprint density at radius 2 is 1.60 bits per heavy atom. The van der Waals surface area contributed by atoms with Crippen molar-refractivity contribution in [3.63, 3.8) is 0 Å². The highest BCUT2D eigenvalue weighted by atomic mass is 32.2. The maximum Gasteiger partial charge on any atom is 0.336 e. The summed E-state index contributed by atoms with van der Waals surface area (Å²) in [6.07, 6.45) is 13.4. The number of unbranched alkanes of at least 4 members (excludes halogenated alkanes) is 9. The molecule has 0 aromatic heterocycles. The standard InChI is InChI=1S/C18H30N3O3S/c19-15-11-7-5-3-1-2-4-6-8-12-16-20-25(24)18-14-10-9-13-17(18)21(22)23/h9-10,13-14,16,24H,1-8,11-12,15,19H2/q+1/b20-16+. The van der Waals surface area contributed by atoms with Crippen molar-refractivity contribution in [2.24, 2.45) is 10.1 Å². The van der Waals surface area contributed by atoms with Gasteiger partial charge in [0.1, 0.15) is 0 Å². The number of nitrogens with two attached hydrogens (primary N) is 1. The zero-order valence-corrected chi connectivity index (χ0v) is 15.6. The number of rotatable bonds is 14. The van der Waals surface area contributed by atoms with E-state index < -0.39 is 16.3 Å². The molecule has 7 heteroatoms. The van der Waals surface area contributed by atoms with Gasteiger partial charge in [0, 0.05) is 12.1 Å². The molecule has 0 amide bonds. The molecule has 0 radical (unpaired) electrons. The van der Waals surface area contributed by atoms with E-state index in [2.05, 4.69) is 4.40 Å². The molecule has 0 saturated heterocycles. The summed E-state index contributed by atoms with van der Waals surface area (Å²) in [4.78, 5) is 10.7. The molecule has 1 rings (SSSR count). The lowest BCUT2D eigenvalue weighted by Gasteiger charge is -2.01. The Bertz CT molecular complexity index is 526. The summed E-state index contributed by atoms with van der Waals surface area (Å²) < 4.78 is 14.1. The minimum absolute atomic E-state index is 0.0862. The van der Waals surface area contributed by atoms with E-state index in [4.69, 9.17) is 5.73 Å². The lowest BCUT2D eigenvalue weighted by Crippen LogP contribution is -2.02. The van der Waals surface area contributed by atoms with E-state index in [1.54, 1.807) is 24.4 Å². The van der Waals surface area contributed by atoms with Crippen molar-refractivity contribution in [2.45, 2.75) is 69.1 Å². The Hall–Kier alpha value is -1.44. The van der Waals surface area contributed by atoms with Crippen molar-refractivity contribution in [1.29, 1.82) is 0 Å². The van der Waals surface area contributed by atoms with Crippen LogP contribution in [0.4, 0.5) is 5.69 Å². The number of benzene rings is 1. The molecule has 0 saturated carbocycles. The van der Waals surface area contributed by atoms with Crippen molar-refractivity contribution in [1.82, 2.24) is 0 Å². The third-order valence-electron chi connectivity index (χ3n) is 3.97. The van der Waals surface area contributed by atoms with Crippen LogP contribution in [0.2, 0.25) is 0 Å². The van der Waals surface area contributed by atoms with Crippen LogP contribution >= 0.6 is 0 Å². The minimum Gasteiger partial charge on any atom is -0.330 e. The van der Waals surface area contributed by atoms with Crippen LogP contribution in [-0.4, -0.2) is 22.2 Å².